The van der Waals surface area contributed by atoms with Crippen LogP contribution in [0.25, 0.3) is 11.1 Å². The van der Waals surface area contributed by atoms with Crippen LogP contribution in [0.5, 0.6) is 0 Å². The first-order valence-corrected chi connectivity index (χ1v) is 10.2. The van der Waals surface area contributed by atoms with Crippen LogP contribution in [-0.4, -0.2) is 41.4 Å². The maximum atomic E-state index is 12.3. The lowest BCUT2D eigenvalue weighted by Gasteiger charge is -2.20. The molecule has 1 amide bonds. The average molecular weight is 425 g/mol. The topological polar surface area (TPSA) is 102 Å². The van der Waals surface area contributed by atoms with Gasteiger partial charge in [0, 0.05) is 12.3 Å². The maximum absolute atomic E-state index is 12.3. The molecule has 0 aromatic heterocycles. The molecule has 164 valence electrons. The number of amides is 1. The lowest BCUT2D eigenvalue weighted by molar-refractivity contribution is -0.155. The molecular formula is C24H27NO6. The third kappa shape index (κ3) is 5.63. The molecule has 0 bridgehead atoms. The van der Waals surface area contributed by atoms with Gasteiger partial charge in [-0.3, -0.25) is 4.79 Å². The number of carbonyl (C=O) groups excluding carboxylic acids is 2. The minimum atomic E-state index is -1.25. The summed E-state index contributed by atoms with van der Waals surface area (Å²) in [4.78, 5) is 35.6. The Morgan fingerprint density at radius 2 is 1.55 bits per heavy atom. The van der Waals surface area contributed by atoms with E-state index in [-0.39, 0.29) is 25.4 Å². The van der Waals surface area contributed by atoms with E-state index >= 15 is 0 Å². The van der Waals surface area contributed by atoms with Crippen molar-refractivity contribution >= 4 is 18.0 Å². The summed E-state index contributed by atoms with van der Waals surface area (Å²) in [6, 6.07) is 14.6. The van der Waals surface area contributed by atoms with Crippen LogP contribution in [0.2, 0.25) is 0 Å². The molecule has 0 spiro atoms. The van der Waals surface area contributed by atoms with Crippen LogP contribution in [0.15, 0.2) is 48.5 Å². The molecule has 0 saturated carbocycles. The second-order valence-electron chi connectivity index (χ2n) is 8.49. The molecule has 1 aliphatic rings. The number of hydrogen-bond donors (Lipinski definition) is 2. The zero-order valence-corrected chi connectivity index (χ0v) is 17.9. The largest absolute Gasteiger partial charge is 0.480 e. The first-order chi connectivity index (χ1) is 14.7. The molecule has 2 aromatic carbocycles. The van der Waals surface area contributed by atoms with Gasteiger partial charge in [-0.2, -0.15) is 0 Å². The Labute approximate surface area is 181 Å². The van der Waals surface area contributed by atoms with E-state index in [4.69, 9.17) is 9.47 Å². The van der Waals surface area contributed by atoms with Gasteiger partial charge in [0.25, 0.3) is 0 Å². The highest BCUT2D eigenvalue weighted by molar-refractivity contribution is 5.81. The number of rotatable bonds is 7. The summed E-state index contributed by atoms with van der Waals surface area (Å²) in [6.45, 7) is 5.27. The quantitative estimate of drug-likeness (QED) is 0.648. The van der Waals surface area contributed by atoms with Gasteiger partial charge in [0.1, 0.15) is 18.2 Å². The summed E-state index contributed by atoms with van der Waals surface area (Å²) in [6.07, 6.45) is -1.05. The van der Waals surface area contributed by atoms with Crippen molar-refractivity contribution in [1.82, 2.24) is 5.32 Å². The molecule has 3 rings (SSSR count). The Balaban J connectivity index is 1.59. The number of ether oxygens (including phenoxy) is 2. The van der Waals surface area contributed by atoms with E-state index in [1.807, 2.05) is 48.5 Å². The van der Waals surface area contributed by atoms with Crippen LogP contribution in [0.4, 0.5) is 4.79 Å². The second-order valence-corrected chi connectivity index (χ2v) is 8.49. The summed E-state index contributed by atoms with van der Waals surface area (Å²) in [5.74, 6) is -1.88. The number of aliphatic carboxylic acids is 1. The van der Waals surface area contributed by atoms with E-state index in [1.54, 1.807) is 20.8 Å². The molecule has 2 aromatic rings. The monoisotopic (exact) mass is 425 g/mol. The summed E-state index contributed by atoms with van der Waals surface area (Å²) in [7, 11) is 0. The fourth-order valence-corrected chi connectivity index (χ4v) is 3.69. The van der Waals surface area contributed by atoms with Crippen LogP contribution >= 0.6 is 0 Å². The van der Waals surface area contributed by atoms with E-state index < -0.39 is 29.7 Å². The minimum absolute atomic E-state index is 0.0816. The van der Waals surface area contributed by atoms with Crippen molar-refractivity contribution in [3.63, 3.8) is 0 Å². The highest BCUT2D eigenvalue weighted by atomic mass is 16.6. The van der Waals surface area contributed by atoms with Gasteiger partial charge >= 0.3 is 18.0 Å². The fourth-order valence-electron chi connectivity index (χ4n) is 3.69. The van der Waals surface area contributed by atoms with E-state index in [9.17, 15) is 19.5 Å². The summed E-state index contributed by atoms with van der Waals surface area (Å²) >= 11 is 0. The molecule has 0 heterocycles. The maximum Gasteiger partial charge on any atom is 0.407 e. The number of hydrogen-bond acceptors (Lipinski definition) is 5. The Bertz CT molecular complexity index is 933. The number of benzene rings is 2. The zero-order chi connectivity index (χ0) is 22.6. The highest BCUT2D eigenvalue weighted by Gasteiger charge is 2.30. The van der Waals surface area contributed by atoms with Gasteiger partial charge < -0.3 is 19.9 Å². The van der Waals surface area contributed by atoms with Crippen LogP contribution < -0.4 is 5.32 Å². The highest BCUT2D eigenvalue weighted by Crippen LogP contribution is 2.44. The van der Waals surface area contributed by atoms with E-state index in [1.165, 1.54) is 0 Å². The Kier molecular flexibility index (Phi) is 6.63. The summed E-state index contributed by atoms with van der Waals surface area (Å²) in [5, 5.41) is 11.7. The predicted molar refractivity (Wildman–Crippen MR) is 115 cm³/mol. The molecule has 2 N–H and O–H groups in total. The molecule has 0 aliphatic heterocycles. The normalized spacial score (nSPS) is 13.6. The molecule has 0 saturated heterocycles. The van der Waals surface area contributed by atoms with E-state index in [2.05, 4.69) is 5.32 Å². The van der Waals surface area contributed by atoms with Crippen molar-refractivity contribution in [3.8, 4) is 11.1 Å². The second kappa shape index (κ2) is 9.20. The van der Waals surface area contributed by atoms with E-state index in [0.717, 1.165) is 22.3 Å². The Morgan fingerprint density at radius 1 is 1.00 bits per heavy atom. The molecule has 1 unspecified atom stereocenters. The number of esters is 1. The number of nitrogens with one attached hydrogen (secondary N) is 1. The third-order valence-electron chi connectivity index (χ3n) is 4.99. The first-order valence-electron chi connectivity index (χ1n) is 10.2. The summed E-state index contributed by atoms with van der Waals surface area (Å²) in [5.41, 5.74) is 3.68. The fraction of sp³-hybridized carbons (Fsp3) is 0.375. The van der Waals surface area contributed by atoms with Crippen LogP contribution in [-0.2, 0) is 19.1 Å². The van der Waals surface area contributed by atoms with Crippen LogP contribution in [0, 0.1) is 0 Å². The zero-order valence-electron chi connectivity index (χ0n) is 17.9. The molecule has 0 radical (unpaired) electrons. The third-order valence-corrected chi connectivity index (χ3v) is 4.99. The van der Waals surface area contributed by atoms with Gasteiger partial charge in [0.2, 0.25) is 0 Å². The lowest BCUT2D eigenvalue weighted by Crippen LogP contribution is -2.42. The van der Waals surface area contributed by atoms with Crippen molar-refractivity contribution in [3.05, 3.63) is 59.7 Å². The predicted octanol–water partition coefficient (Wildman–Crippen LogP) is 4.10. The van der Waals surface area contributed by atoms with Crippen LogP contribution in [0.1, 0.15) is 50.7 Å². The van der Waals surface area contributed by atoms with Crippen molar-refractivity contribution in [2.24, 2.45) is 0 Å². The van der Waals surface area contributed by atoms with Gasteiger partial charge in [-0.25, -0.2) is 9.59 Å². The van der Waals surface area contributed by atoms with Crippen molar-refractivity contribution in [2.75, 3.05) is 6.61 Å². The number of carboxylic acids is 1. The molecule has 7 nitrogen and oxygen atoms in total. The van der Waals surface area contributed by atoms with Crippen molar-refractivity contribution < 1.29 is 29.0 Å². The van der Waals surface area contributed by atoms with Gasteiger partial charge in [-0.05, 0) is 49.4 Å². The van der Waals surface area contributed by atoms with Crippen molar-refractivity contribution in [1.29, 1.82) is 0 Å². The Morgan fingerprint density at radius 3 is 2.06 bits per heavy atom. The smallest absolute Gasteiger partial charge is 0.407 e. The molecule has 0 fully saturated rings. The first kappa shape index (κ1) is 22.3. The summed E-state index contributed by atoms with van der Waals surface area (Å²) < 4.78 is 10.6. The van der Waals surface area contributed by atoms with Gasteiger partial charge in [0.15, 0.2) is 0 Å². The van der Waals surface area contributed by atoms with Gasteiger partial charge in [-0.15, -0.1) is 0 Å². The molecule has 1 aliphatic carbocycles. The number of fused-ring (bicyclic) bond motifs is 3. The number of carboxylic acid groups (broad SMARTS) is 1. The number of alkyl carbamates (subject to hydrolysis) is 1. The van der Waals surface area contributed by atoms with Gasteiger partial charge in [-0.1, -0.05) is 48.5 Å². The van der Waals surface area contributed by atoms with Gasteiger partial charge in [0.05, 0.1) is 0 Å². The average Bonchev–Trinajstić information content (AvgIpc) is 3.02. The van der Waals surface area contributed by atoms with Crippen LogP contribution in [0.3, 0.4) is 0 Å². The standard InChI is InChI=1S/C24H27NO6/c1-24(2,3)31-21(26)13-12-20(22(27)28)25-23(29)30-14-19-17-10-6-4-8-15(17)16-9-5-7-11-18(16)19/h4-11,19-20H,12-14H2,1-3H3,(H,25,29)(H,27,28). The minimum Gasteiger partial charge on any atom is -0.480 e. The molecular weight excluding hydrogens is 398 g/mol. The molecule has 1 atom stereocenters. The number of carbonyl (C=O) groups is 3. The van der Waals surface area contributed by atoms with E-state index in [0.29, 0.717) is 0 Å². The molecule has 31 heavy (non-hydrogen) atoms. The van der Waals surface area contributed by atoms with Crippen molar-refractivity contribution in [2.45, 2.75) is 51.2 Å². The molecule has 7 heteroatoms. The SMILES string of the molecule is CC(C)(C)OC(=O)CCC(NC(=O)OCC1c2ccccc2-c2ccccc21)C(=O)O. The Hall–Kier alpha value is -3.35. The lowest BCUT2D eigenvalue weighted by atomic mass is 9.98.